The normalized spacial score (nSPS) is 15.3. The molecule has 1 N–H and O–H groups in total. The number of rotatable bonds is 22. The van der Waals surface area contributed by atoms with Crippen LogP contribution in [0.2, 0.25) is 0 Å². The molecule has 0 amide bonds. The number of hydrogen-bond donors (Lipinski definition) is 1. The lowest BCUT2D eigenvalue weighted by Gasteiger charge is -2.32. The summed E-state index contributed by atoms with van der Waals surface area (Å²) in [7, 11) is -3.71. The molecule has 0 aromatic carbocycles. The molecule has 0 aromatic rings. The molecule has 0 bridgehead atoms. The van der Waals surface area contributed by atoms with Gasteiger partial charge in [-0.2, -0.15) is 0 Å². The standard InChI is InChI=1S/C43H72O3S/c1-33(2)19-14-22-37(9)24-17-26-39(11)29-31-43(44,32-30-40(12)27-18-25-38(10)23-15-20-34(3)4)42(47(45,46)36(7)8)41(13)28-16-21-35(5)6/h19-21,24-25,29-30,36,44H,14-18,22-23,26-28,31-32H2,1-13H3/b37-24?,38-25?,39-29?,40-30?,42-41-. The van der Waals surface area contributed by atoms with Crippen LogP contribution >= 0.6 is 0 Å². The van der Waals surface area contributed by atoms with Crippen LogP contribution in [0.4, 0.5) is 0 Å². The van der Waals surface area contributed by atoms with Gasteiger partial charge in [0.25, 0.3) is 0 Å². The zero-order valence-corrected chi connectivity index (χ0v) is 33.6. The minimum atomic E-state index is -3.71. The van der Waals surface area contributed by atoms with E-state index in [4.69, 9.17) is 0 Å². The molecule has 0 saturated heterocycles. The first-order chi connectivity index (χ1) is 21.8. The Morgan fingerprint density at radius 2 is 0.809 bits per heavy atom. The Bertz CT molecular complexity index is 1250. The molecular formula is C43H72O3S. The Morgan fingerprint density at radius 3 is 1.13 bits per heavy atom. The third kappa shape index (κ3) is 20.1. The summed E-state index contributed by atoms with van der Waals surface area (Å²) in [4.78, 5) is 0.222. The predicted molar refractivity (Wildman–Crippen MR) is 210 cm³/mol. The minimum Gasteiger partial charge on any atom is -0.384 e. The predicted octanol–water partition coefficient (Wildman–Crippen LogP) is 13.2. The van der Waals surface area contributed by atoms with Crippen LogP contribution in [0.3, 0.4) is 0 Å². The molecule has 47 heavy (non-hydrogen) atoms. The van der Waals surface area contributed by atoms with Gasteiger partial charge in [0.15, 0.2) is 9.84 Å². The van der Waals surface area contributed by atoms with Crippen LogP contribution < -0.4 is 0 Å². The van der Waals surface area contributed by atoms with Gasteiger partial charge < -0.3 is 5.11 Å². The zero-order chi connectivity index (χ0) is 36.2. The minimum absolute atomic E-state index is 0.222. The number of allylic oxidation sites excluding steroid dienone is 13. The van der Waals surface area contributed by atoms with E-state index in [1.54, 1.807) is 13.8 Å². The molecule has 0 saturated carbocycles. The van der Waals surface area contributed by atoms with Crippen molar-refractivity contribution < 1.29 is 13.5 Å². The Hall–Kier alpha value is -2.17. The summed E-state index contributed by atoms with van der Waals surface area (Å²) in [5.41, 5.74) is 8.31. The number of aliphatic hydroxyl groups is 1. The SMILES string of the molecule is CC(C)=CCCC(C)=CCCC(C)=CCC(O)(CC=C(C)CCC=C(C)CCC=C(C)C)/C(=C(\C)CCC=C(C)C)S(=O)(=O)C(C)C. The first kappa shape index (κ1) is 44.8. The van der Waals surface area contributed by atoms with Crippen molar-refractivity contribution in [1.29, 1.82) is 0 Å². The molecule has 3 nitrogen and oxygen atoms in total. The summed E-state index contributed by atoms with van der Waals surface area (Å²) in [5.74, 6) is 0. The second-order valence-electron chi connectivity index (χ2n) is 14.9. The molecule has 268 valence electrons. The Kier molecular flexibility index (Phi) is 22.2. The van der Waals surface area contributed by atoms with E-state index in [9.17, 15) is 13.5 Å². The van der Waals surface area contributed by atoms with Crippen LogP contribution in [0.5, 0.6) is 0 Å². The lowest BCUT2D eigenvalue weighted by Crippen LogP contribution is -2.38. The molecular weight excluding hydrogens is 597 g/mol. The molecule has 0 fully saturated rings. The largest absolute Gasteiger partial charge is 0.384 e. The van der Waals surface area contributed by atoms with Crippen LogP contribution in [-0.2, 0) is 9.84 Å². The lowest BCUT2D eigenvalue weighted by molar-refractivity contribution is 0.0904. The van der Waals surface area contributed by atoms with Crippen LogP contribution in [0.15, 0.2) is 92.0 Å². The fraction of sp³-hybridized carbons (Fsp3) is 0.628. The van der Waals surface area contributed by atoms with Crippen molar-refractivity contribution in [2.45, 2.75) is 178 Å². The van der Waals surface area contributed by atoms with Crippen molar-refractivity contribution in [3.05, 3.63) is 92.0 Å². The van der Waals surface area contributed by atoms with Gasteiger partial charge in [-0.3, -0.25) is 0 Å². The van der Waals surface area contributed by atoms with E-state index in [0.29, 0.717) is 6.42 Å². The van der Waals surface area contributed by atoms with Gasteiger partial charge in [-0.1, -0.05) is 87.1 Å². The van der Waals surface area contributed by atoms with Crippen LogP contribution in [0.1, 0.15) is 167 Å². The highest BCUT2D eigenvalue weighted by Gasteiger charge is 2.40. The third-order valence-electron chi connectivity index (χ3n) is 8.61. The fourth-order valence-corrected chi connectivity index (χ4v) is 7.22. The molecule has 0 unspecified atom stereocenters. The van der Waals surface area contributed by atoms with Gasteiger partial charge in [-0.15, -0.1) is 0 Å². The average Bonchev–Trinajstić information content (AvgIpc) is 2.94. The van der Waals surface area contributed by atoms with Crippen LogP contribution in [0, 0.1) is 0 Å². The van der Waals surface area contributed by atoms with Crippen molar-refractivity contribution in [1.82, 2.24) is 0 Å². The maximum atomic E-state index is 14.0. The summed E-state index contributed by atoms with van der Waals surface area (Å²) in [6, 6.07) is 0. The van der Waals surface area contributed by atoms with E-state index >= 15 is 0 Å². The maximum Gasteiger partial charge on any atom is 0.179 e. The van der Waals surface area contributed by atoms with Crippen molar-refractivity contribution in [3.63, 3.8) is 0 Å². The summed E-state index contributed by atoms with van der Waals surface area (Å²) in [5, 5.41) is 11.9. The second-order valence-corrected chi connectivity index (χ2v) is 17.3. The molecule has 0 heterocycles. The third-order valence-corrected chi connectivity index (χ3v) is 11.1. The first-order valence-electron chi connectivity index (χ1n) is 18.0. The van der Waals surface area contributed by atoms with E-state index in [2.05, 4.69) is 112 Å². The molecule has 0 aliphatic heterocycles. The second kappa shape index (κ2) is 23.2. The van der Waals surface area contributed by atoms with Crippen molar-refractivity contribution >= 4 is 9.84 Å². The fourth-order valence-electron chi connectivity index (χ4n) is 5.46. The number of sulfone groups is 1. The van der Waals surface area contributed by atoms with Crippen molar-refractivity contribution in [2.75, 3.05) is 0 Å². The first-order valence-corrected chi connectivity index (χ1v) is 19.6. The Labute approximate surface area is 292 Å². The highest BCUT2D eigenvalue weighted by Crippen LogP contribution is 2.37. The quantitative estimate of drug-likeness (QED) is 0.117. The number of hydrogen-bond acceptors (Lipinski definition) is 3. The van der Waals surface area contributed by atoms with Gasteiger partial charge >= 0.3 is 0 Å². The summed E-state index contributed by atoms with van der Waals surface area (Å²) in [6.45, 7) is 26.6. The van der Waals surface area contributed by atoms with E-state index in [-0.39, 0.29) is 17.7 Å². The van der Waals surface area contributed by atoms with Crippen molar-refractivity contribution in [3.8, 4) is 0 Å². The smallest absolute Gasteiger partial charge is 0.179 e. The Balaban J connectivity index is 6.32. The highest BCUT2D eigenvalue weighted by atomic mass is 32.2. The molecule has 0 atom stereocenters. The molecule has 0 spiro atoms. The van der Waals surface area contributed by atoms with E-state index in [1.165, 1.54) is 39.0 Å². The maximum absolute atomic E-state index is 14.0. The van der Waals surface area contributed by atoms with Gasteiger partial charge in [-0.05, 0) is 167 Å². The van der Waals surface area contributed by atoms with E-state index in [1.807, 2.05) is 6.92 Å². The average molecular weight is 669 g/mol. The van der Waals surface area contributed by atoms with Gasteiger partial charge in [0, 0.05) is 0 Å². The highest BCUT2D eigenvalue weighted by molar-refractivity contribution is 7.95. The summed E-state index contributed by atoms with van der Waals surface area (Å²) < 4.78 is 27.9. The van der Waals surface area contributed by atoms with Gasteiger partial charge in [-0.25, -0.2) is 8.42 Å². The molecule has 4 heteroatoms. The molecule has 0 aromatic heterocycles. The topological polar surface area (TPSA) is 54.4 Å². The van der Waals surface area contributed by atoms with Gasteiger partial charge in [0.05, 0.1) is 10.2 Å². The molecule has 0 aliphatic carbocycles. The summed E-state index contributed by atoms with van der Waals surface area (Å²) >= 11 is 0. The molecule has 0 aliphatic rings. The summed E-state index contributed by atoms with van der Waals surface area (Å²) in [6.07, 6.45) is 25.3. The van der Waals surface area contributed by atoms with Gasteiger partial charge in [0.1, 0.15) is 5.60 Å². The van der Waals surface area contributed by atoms with E-state index < -0.39 is 20.7 Å². The van der Waals surface area contributed by atoms with Crippen molar-refractivity contribution in [2.24, 2.45) is 0 Å². The Morgan fingerprint density at radius 1 is 0.511 bits per heavy atom. The van der Waals surface area contributed by atoms with Crippen LogP contribution in [-0.4, -0.2) is 24.4 Å². The van der Waals surface area contributed by atoms with Gasteiger partial charge in [0.2, 0.25) is 0 Å². The monoisotopic (exact) mass is 669 g/mol. The zero-order valence-electron chi connectivity index (χ0n) is 32.8. The van der Waals surface area contributed by atoms with E-state index in [0.717, 1.165) is 63.4 Å². The molecule has 0 radical (unpaired) electrons. The lowest BCUT2D eigenvalue weighted by atomic mass is 9.89. The van der Waals surface area contributed by atoms with Crippen LogP contribution in [0.25, 0.3) is 0 Å². The molecule has 0 rings (SSSR count).